The van der Waals surface area contributed by atoms with E-state index in [9.17, 15) is 8.42 Å². The van der Waals surface area contributed by atoms with Crippen molar-refractivity contribution >= 4 is 37.5 Å². The maximum absolute atomic E-state index is 13.9. The third-order valence-corrected chi connectivity index (χ3v) is 8.23. The number of pyridine rings is 1. The predicted octanol–water partition coefficient (Wildman–Crippen LogP) is 1.37. The van der Waals surface area contributed by atoms with E-state index < -0.39 is 10.0 Å². The first-order valence-electron chi connectivity index (χ1n) is 11.6. The minimum absolute atomic E-state index is 0. The van der Waals surface area contributed by atoms with Gasteiger partial charge in [0.1, 0.15) is 6.54 Å². The van der Waals surface area contributed by atoms with Gasteiger partial charge in [-0.3, -0.25) is 4.31 Å². The van der Waals surface area contributed by atoms with Crippen molar-refractivity contribution in [1.29, 1.82) is 0 Å². The second kappa shape index (κ2) is 11.0. The molecule has 0 atom stereocenters. The molecular weight excluding hydrogens is 546 g/mol. The van der Waals surface area contributed by atoms with Crippen LogP contribution in [0.25, 0.3) is 21.8 Å². The van der Waals surface area contributed by atoms with E-state index in [1.165, 1.54) is 25.6 Å². The molecule has 0 spiro atoms. The van der Waals surface area contributed by atoms with Crippen molar-refractivity contribution in [3.05, 3.63) is 48.8 Å². The van der Waals surface area contributed by atoms with Crippen molar-refractivity contribution in [2.45, 2.75) is 38.8 Å². The van der Waals surface area contributed by atoms with E-state index in [1.54, 1.807) is 31.2 Å². The molecule has 0 radical (unpaired) electrons. The first-order chi connectivity index (χ1) is 16.8. The lowest BCUT2D eigenvalue weighted by Gasteiger charge is -2.25. The number of benzene rings is 2. The highest BCUT2D eigenvalue weighted by Crippen LogP contribution is 2.42. The van der Waals surface area contributed by atoms with Crippen LogP contribution in [-0.4, -0.2) is 40.9 Å². The number of rotatable bonds is 9. The Morgan fingerprint density at radius 2 is 1.53 bits per heavy atom. The van der Waals surface area contributed by atoms with Crippen LogP contribution in [0, 0.1) is 0 Å². The normalized spacial score (nSPS) is 11.4. The molecule has 2 aromatic carbocycles. The number of hydrogen-bond acceptors (Lipinski definition) is 5. The van der Waals surface area contributed by atoms with Crippen LogP contribution in [0.5, 0.6) is 17.2 Å². The largest absolute Gasteiger partial charge is 1.00 e. The van der Waals surface area contributed by atoms with Gasteiger partial charge in [-0.15, -0.1) is 0 Å². The molecule has 4 rings (SSSR count). The lowest BCUT2D eigenvalue weighted by molar-refractivity contribution is -0.692. The van der Waals surface area contributed by atoms with E-state index in [4.69, 9.17) is 14.2 Å². The number of aryl methyl sites for hydroxylation is 2. The monoisotopic (exact) mass is 577 g/mol. The zero-order valence-electron chi connectivity index (χ0n) is 21.4. The molecule has 0 saturated heterocycles. The lowest BCUT2D eigenvalue weighted by atomic mass is 10.2. The SMILES string of the molecule is CCN(c1cc(OC)c(OC)c(OC)c1)S(=O)(=O)c1ccc2c(c1)c1c[n+](CC)ccc1n2CC.[Br-]. The van der Waals surface area contributed by atoms with Crippen molar-refractivity contribution in [1.82, 2.24) is 4.57 Å². The molecule has 0 aliphatic carbocycles. The summed E-state index contributed by atoms with van der Waals surface area (Å²) in [5.41, 5.74) is 2.52. The van der Waals surface area contributed by atoms with Crippen LogP contribution in [0.2, 0.25) is 0 Å². The summed E-state index contributed by atoms with van der Waals surface area (Å²) in [4.78, 5) is 0.225. The minimum atomic E-state index is -3.88. The average Bonchev–Trinajstić information content (AvgIpc) is 3.20. The smallest absolute Gasteiger partial charge is 0.264 e. The Balaban J connectivity index is 0.00000361. The summed E-state index contributed by atoms with van der Waals surface area (Å²) in [6.45, 7) is 7.81. The maximum Gasteiger partial charge on any atom is 0.264 e. The van der Waals surface area contributed by atoms with Crippen LogP contribution < -0.4 is 40.1 Å². The molecule has 8 nitrogen and oxygen atoms in total. The highest BCUT2D eigenvalue weighted by molar-refractivity contribution is 7.92. The number of anilines is 1. The zero-order chi connectivity index (χ0) is 25.3. The lowest BCUT2D eigenvalue weighted by Crippen LogP contribution is -3.00. The molecule has 0 saturated carbocycles. The second-order valence-electron chi connectivity index (χ2n) is 8.05. The van der Waals surface area contributed by atoms with Crippen molar-refractivity contribution < 1.29 is 44.2 Å². The van der Waals surface area contributed by atoms with Crippen molar-refractivity contribution in [3.8, 4) is 17.2 Å². The standard InChI is InChI=1S/C26H32N3O5S.BrH/c1-7-27-13-12-23-21(17-27)20-16-19(10-11-22(20)28(23)8-2)35(30,31)29(9-3)18-14-24(32-4)26(34-6)25(15-18)33-5;/h10-17H,7-9H2,1-6H3;1H/q+1;/p-1. The van der Waals surface area contributed by atoms with Gasteiger partial charge < -0.3 is 35.8 Å². The Kier molecular flexibility index (Phi) is 8.40. The first-order valence-corrected chi connectivity index (χ1v) is 13.1. The van der Waals surface area contributed by atoms with Crippen molar-refractivity contribution in [2.24, 2.45) is 0 Å². The molecule has 2 heterocycles. The quantitative estimate of drug-likeness (QED) is 0.281. The second-order valence-corrected chi connectivity index (χ2v) is 9.91. The molecule has 0 N–H and O–H groups in total. The van der Waals surface area contributed by atoms with Crippen LogP contribution in [0.1, 0.15) is 20.8 Å². The van der Waals surface area contributed by atoms with Crippen LogP contribution in [0.4, 0.5) is 5.69 Å². The summed E-state index contributed by atoms with van der Waals surface area (Å²) in [5, 5.41) is 1.94. The molecule has 0 unspecified atom stereocenters. The Morgan fingerprint density at radius 3 is 2.06 bits per heavy atom. The number of hydrogen-bond donors (Lipinski definition) is 0. The molecule has 0 bridgehead atoms. The number of fused-ring (bicyclic) bond motifs is 3. The van der Waals surface area contributed by atoms with Gasteiger partial charge in [0, 0.05) is 42.2 Å². The van der Waals surface area contributed by atoms with E-state index in [0.29, 0.717) is 22.9 Å². The first kappa shape index (κ1) is 27.6. The number of methoxy groups -OCH3 is 3. The minimum Gasteiger partial charge on any atom is -1.00 e. The Labute approximate surface area is 222 Å². The van der Waals surface area contributed by atoms with Gasteiger partial charge in [0.15, 0.2) is 23.9 Å². The van der Waals surface area contributed by atoms with E-state index in [1.807, 2.05) is 12.3 Å². The van der Waals surface area contributed by atoms with Gasteiger partial charge in [0.25, 0.3) is 10.0 Å². The fourth-order valence-corrected chi connectivity index (χ4v) is 6.08. The summed E-state index contributed by atoms with van der Waals surface area (Å²) in [6, 6.07) is 10.7. The van der Waals surface area contributed by atoms with Crippen molar-refractivity contribution in [3.63, 3.8) is 0 Å². The van der Waals surface area contributed by atoms with E-state index in [0.717, 1.165) is 34.9 Å². The topological polar surface area (TPSA) is 73.9 Å². The highest BCUT2D eigenvalue weighted by Gasteiger charge is 2.27. The summed E-state index contributed by atoms with van der Waals surface area (Å²) < 4.78 is 49.7. The van der Waals surface area contributed by atoms with Crippen LogP contribution in [0.15, 0.2) is 53.7 Å². The maximum atomic E-state index is 13.9. The Morgan fingerprint density at radius 1 is 0.889 bits per heavy atom. The summed E-state index contributed by atoms with van der Waals surface area (Å²) in [6.07, 6.45) is 4.13. The third kappa shape index (κ3) is 4.48. The molecule has 0 aliphatic heterocycles. The van der Waals surface area contributed by atoms with Gasteiger partial charge in [-0.1, -0.05) is 0 Å². The zero-order valence-corrected chi connectivity index (χ0v) is 23.8. The van der Waals surface area contributed by atoms with E-state index >= 15 is 0 Å². The molecule has 36 heavy (non-hydrogen) atoms. The Bertz CT molecular complexity index is 1480. The Hall–Kier alpha value is -2.98. The van der Waals surface area contributed by atoms with Gasteiger partial charge in [-0.2, -0.15) is 0 Å². The fourth-order valence-electron chi connectivity index (χ4n) is 4.60. The average molecular weight is 579 g/mol. The van der Waals surface area contributed by atoms with Gasteiger partial charge in [-0.25, -0.2) is 13.0 Å². The molecule has 4 aromatic rings. The molecule has 0 aliphatic rings. The number of ether oxygens (including phenoxy) is 3. The number of nitrogens with zero attached hydrogens (tertiary/aromatic N) is 3. The molecule has 0 amide bonds. The molecule has 194 valence electrons. The summed E-state index contributed by atoms with van der Waals surface area (Å²) in [7, 11) is 0.642. The molecular formula is C26H32BrN3O5S. The van der Waals surface area contributed by atoms with E-state index in [2.05, 4.69) is 35.2 Å². The highest BCUT2D eigenvalue weighted by atomic mass is 79.9. The van der Waals surface area contributed by atoms with Gasteiger partial charge >= 0.3 is 0 Å². The predicted molar refractivity (Wildman–Crippen MR) is 137 cm³/mol. The van der Waals surface area contributed by atoms with Gasteiger partial charge in [0.05, 0.1) is 42.8 Å². The van der Waals surface area contributed by atoms with Crippen LogP contribution >= 0.6 is 0 Å². The molecule has 2 aromatic heterocycles. The van der Waals surface area contributed by atoms with Gasteiger partial charge in [0.2, 0.25) is 5.75 Å². The number of sulfonamides is 1. The fraction of sp³-hybridized carbons (Fsp3) is 0.346. The van der Waals surface area contributed by atoms with E-state index in [-0.39, 0.29) is 28.4 Å². The van der Waals surface area contributed by atoms with Crippen LogP contribution in [-0.2, 0) is 23.1 Å². The summed E-state index contributed by atoms with van der Waals surface area (Å²) >= 11 is 0. The summed E-state index contributed by atoms with van der Waals surface area (Å²) in [5.74, 6) is 1.19. The molecule has 0 fully saturated rings. The third-order valence-electron chi connectivity index (χ3n) is 6.33. The van der Waals surface area contributed by atoms with Gasteiger partial charge in [-0.05, 0) is 39.0 Å². The number of aromatic nitrogens is 2. The molecule has 10 heteroatoms. The number of halogens is 1. The van der Waals surface area contributed by atoms with Crippen LogP contribution in [0.3, 0.4) is 0 Å². The van der Waals surface area contributed by atoms with Crippen molar-refractivity contribution in [2.75, 3.05) is 32.2 Å².